The van der Waals surface area contributed by atoms with Crippen molar-refractivity contribution in [1.29, 1.82) is 0 Å². The van der Waals surface area contributed by atoms with Crippen LogP contribution in [0, 0.1) is 6.92 Å². The van der Waals surface area contributed by atoms with Crippen LogP contribution in [0.3, 0.4) is 0 Å². The molecule has 1 unspecified atom stereocenters. The van der Waals surface area contributed by atoms with Crippen molar-refractivity contribution >= 4 is 27.3 Å². The maximum atomic E-state index is 12.6. The molecule has 1 atom stereocenters. The van der Waals surface area contributed by atoms with Crippen molar-refractivity contribution in [3.8, 4) is 0 Å². The number of nitrogens with zero attached hydrogens (tertiary/aromatic N) is 2. The first-order chi connectivity index (χ1) is 12.2. The quantitative estimate of drug-likeness (QED) is 0.743. The average Bonchev–Trinajstić information content (AvgIpc) is 3.09. The second-order valence-corrected chi connectivity index (χ2v) is 9.40. The number of carbonyl (C=O) groups excluding carboxylic acids is 1. The standard InChI is InChI=1S/C18H25N3O3S2/c1-14-7-9-15(10-8-14)26(23,24)21(4)13-18(22)19-12-16(20(2)3)17-6-5-11-25-17/h5-11,16H,12-13H2,1-4H3,(H,19,22). The number of amides is 1. The Morgan fingerprint density at radius 3 is 2.35 bits per heavy atom. The molecule has 1 heterocycles. The summed E-state index contributed by atoms with van der Waals surface area (Å²) in [6.07, 6.45) is 0. The molecular weight excluding hydrogens is 370 g/mol. The van der Waals surface area contributed by atoms with Crippen molar-refractivity contribution in [2.45, 2.75) is 17.9 Å². The highest BCUT2D eigenvalue weighted by atomic mass is 32.2. The summed E-state index contributed by atoms with van der Waals surface area (Å²) in [5.74, 6) is -0.327. The van der Waals surface area contributed by atoms with E-state index in [0.29, 0.717) is 6.54 Å². The number of likely N-dealkylation sites (N-methyl/N-ethyl adjacent to an activating group) is 2. The van der Waals surface area contributed by atoms with E-state index < -0.39 is 10.0 Å². The number of sulfonamides is 1. The van der Waals surface area contributed by atoms with Gasteiger partial charge in [0.15, 0.2) is 0 Å². The summed E-state index contributed by atoms with van der Waals surface area (Å²) < 4.78 is 26.2. The lowest BCUT2D eigenvalue weighted by Crippen LogP contribution is -2.41. The van der Waals surface area contributed by atoms with Crippen molar-refractivity contribution < 1.29 is 13.2 Å². The van der Waals surface area contributed by atoms with E-state index in [0.717, 1.165) is 14.7 Å². The van der Waals surface area contributed by atoms with Gasteiger partial charge in [0.2, 0.25) is 15.9 Å². The number of rotatable bonds is 8. The fraction of sp³-hybridized carbons (Fsp3) is 0.389. The van der Waals surface area contributed by atoms with Crippen molar-refractivity contribution in [1.82, 2.24) is 14.5 Å². The topological polar surface area (TPSA) is 69.7 Å². The van der Waals surface area contributed by atoms with Crippen LogP contribution in [0.4, 0.5) is 0 Å². The molecule has 0 fully saturated rings. The molecule has 26 heavy (non-hydrogen) atoms. The highest BCUT2D eigenvalue weighted by Crippen LogP contribution is 2.22. The molecule has 1 aromatic carbocycles. The van der Waals surface area contributed by atoms with Gasteiger partial charge in [-0.05, 0) is 44.6 Å². The first-order valence-electron chi connectivity index (χ1n) is 8.21. The Hall–Kier alpha value is -1.74. The Labute approximate surface area is 159 Å². The predicted octanol–water partition coefficient (Wildman–Crippen LogP) is 2.10. The molecule has 2 rings (SSSR count). The molecule has 1 N–H and O–H groups in total. The number of thiophene rings is 1. The van der Waals surface area contributed by atoms with Gasteiger partial charge in [-0.1, -0.05) is 23.8 Å². The molecule has 1 amide bonds. The second-order valence-electron chi connectivity index (χ2n) is 6.37. The maximum Gasteiger partial charge on any atom is 0.243 e. The van der Waals surface area contributed by atoms with Gasteiger partial charge in [0.1, 0.15) is 0 Å². The lowest BCUT2D eigenvalue weighted by molar-refractivity contribution is -0.121. The van der Waals surface area contributed by atoms with Gasteiger partial charge in [-0.3, -0.25) is 4.79 Å². The lowest BCUT2D eigenvalue weighted by Gasteiger charge is -2.24. The van der Waals surface area contributed by atoms with E-state index in [2.05, 4.69) is 5.32 Å². The third-order valence-electron chi connectivity index (χ3n) is 4.08. The zero-order chi connectivity index (χ0) is 19.3. The van der Waals surface area contributed by atoms with Gasteiger partial charge in [0.25, 0.3) is 0 Å². The monoisotopic (exact) mass is 395 g/mol. The van der Waals surface area contributed by atoms with Crippen LogP contribution in [0.1, 0.15) is 16.5 Å². The van der Waals surface area contributed by atoms with Gasteiger partial charge in [0, 0.05) is 18.5 Å². The van der Waals surface area contributed by atoms with E-state index in [1.54, 1.807) is 35.6 Å². The Balaban J connectivity index is 1.97. The van der Waals surface area contributed by atoms with Gasteiger partial charge in [-0.25, -0.2) is 8.42 Å². The van der Waals surface area contributed by atoms with Gasteiger partial charge in [-0.2, -0.15) is 4.31 Å². The number of aryl methyl sites for hydroxylation is 1. The van der Waals surface area contributed by atoms with Crippen LogP contribution in [-0.4, -0.2) is 57.8 Å². The summed E-state index contributed by atoms with van der Waals surface area (Å²) in [5.41, 5.74) is 0.979. The Kier molecular flexibility index (Phi) is 6.94. The molecule has 0 aliphatic heterocycles. The van der Waals surface area contributed by atoms with Crippen molar-refractivity contribution in [2.75, 3.05) is 34.2 Å². The van der Waals surface area contributed by atoms with Gasteiger partial charge >= 0.3 is 0 Å². The molecule has 142 valence electrons. The second kappa shape index (κ2) is 8.77. The van der Waals surface area contributed by atoms with E-state index in [1.165, 1.54) is 7.05 Å². The molecule has 8 heteroatoms. The van der Waals surface area contributed by atoms with Crippen molar-refractivity contribution in [2.24, 2.45) is 0 Å². The van der Waals surface area contributed by atoms with E-state index >= 15 is 0 Å². The molecule has 1 aromatic heterocycles. The minimum Gasteiger partial charge on any atom is -0.353 e. The zero-order valence-corrected chi connectivity index (χ0v) is 17.1. The Morgan fingerprint density at radius 1 is 1.15 bits per heavy atom. The molecule has 2 aromatic rings. The fourth-order valence-electron chi connectivity index (χ4n) is 2.46. The molecule has 6 nitrogen and oxygen atoms in total. The summed E-state index contributed by atoms with van der Waals surface area (Å²) in [7, 11) is 1.63. The maximum absolute atomic E-state index is 12.6. The van der Waals surface area contributed by atoms with Crippen LogP contribution >= 0.6 is 11.3 Å². The molecular formula is C18H25N3O3S2. The molecule has 0 aliphatic carbocycles. The van der Waals surface area contributed by atoms with E-state index in [1.807, 2.05) is 43.4 Å². The minimum atomic E-state index is -3.68. The highest BCUT2D eigenvalue weighted by Gasteiger charge is 2.23. The predicted molar refractivity (Wildman–Crippen MR) is 105 cm³/mol. The van der Waals surface area contributed by atoms with E-state index in [4.69, 9.17) is 0 Å². The molecule has 0 radical (unpaired) electrons. The van der Waals surface area contributed by atoms with Crippen molar-refractivity contribution in [3.05, 3.63) is 52.2 Å². The number of nitrogens with one attached hydrogen (secondary N) is 1. The third-order valence-corrected chi connectivity index (χ3v) is 6.87. The van der Waals surface area contributed by atoms with Gasteiger partial charge in [-0.15, -0.1) is 11.3 Å². The summed E-state index contributed by atoms with van der Waals surface area (Å²) in [6, 6.07) is 10.6. The van der Waals surface area contributed by atoms with Crippen LogP contribution in [0.2, 0.25) is 0 Å². The molecule has 0 bridgehead atoms. The van der Waals surface area contributed by atoms with Crippen molar-refractivity contribution in [3.63, 3.8) is 0 Å². The summed E-state index contributed by atoms with van der Waals surface area (Å²) >= 11 is 1.63. The first-order valence-corrected chi connectivity index (χ1v) is 10.5. The Bertz CT molecular complexity index is 816. The first kappa shape index (κ1) is 20.6. The lowest BCUT2D eigenvalue weighted by atomic mass is 10.2. The molecule has 0 saturated heterocycles. The zero-order valence-electron chi connectivity index (χ0n) is 15.5. The molecule has 0 spiro atoms. The largest absolute Gasteiger partial charge is 0.353 e. The SMILES string of the molecule is Cc1ccc(S(=O)(=O)N(C)CC(=O)NCC(c2cccs2)N(C)C)cc1. The fourth-order valence-corrected chi connectivity index (χ4v) is 4.51. The van der Waals surface area contributed by atoms with Crippen LogP contribution in [0.25, 0.3) is 0 Å². The number of hydrogen-bond donors (Lipinski definition) is 1. The average molecular weight is 396 g/mol. The van der Waals surface area contributed by atoms with E-state index in [9.17, 15) is 13.2 Å². The normalized spacial score (nSPS) is 13.2. The third kappa shape index (κ3) is 5.14. The van der Waals surface area contributed by atoms with Gasteiger partial charge < -0.3 is 10.2 Å². The van der Waals surface area contributed by atoms with Crippen LogP contribution in [0.15, 0.2) is 46.7 Å². The molecule has 0 saturated carbocycles. The highest BCUT2D eigenvalue weighted by molar-refractivity contribution is 7.89. The van der Waals surface area contributed by atoms with Crippen LogP contribution in [0.5, 0.6) is 0 Å². The summed E-state index contributed by atoms with van der Waals surface area (Å²) in [4.78, 5) is 15.6. The van der Waals surface area contributed by atoms with Crippen LogP contribution < -0.4 is 5.32 Å². The number of carbonyl (C=O) groups is 1. The molecule has 0 aliphatic rings. The Morgan fingerprint density at radius 2 is 1.81 bits per heavy atom. The summed E-state index contributed by atoms with van der Waals surface area (Å²) in [5, 5.41) is 4.83. The summed E-state index contributed by atoms with van der Waals surface area (Å²) in [6.45, 7) is 2.09. The van der Waals surface area contributed by atoms with Crippen LogP contribution in [-0.2, 0) is 14.8 Å². The minimum absolute atomic E-state index is 0.0537. The number of benzene rings is 1. The van der Waals surface area contributed by atoms with E-state index in [-0.39, 0.29) is 23.4 Å². The van der Waals surface area contributed by atoms with Gasteiger partial charge in [0.05, 0.1) is 17.5 Å². The number of hydrogen-bond acceptors (Lipinski definition) is 5. The smallest absolute Gasteiger partial charge is 0.243 e.